The van der Waals surface area contributed by atoms with Crippen LogP contribution in [-0.2, 0) is 24.0 Å². The molecule has 0 aliphatic heterocycles. The number of aromatic nitrogens is 1. The molecule has 132 valence electrons. The zero-order valence-electron chi connectivity index (χ0n) is 13.3. The van der Waals surface area contributed by atoms with Crippen molar-refractivity contribution in [3.05, 3.63) is 11.1 Å². The average Bonchev–Trinajstić information content (AvgIpc) is 2.85. The van der Waals surface area contributed by atoms with E-state index >= 15 is 0 Å². The molecule has 0 bridgehead atoms. The summed E-state index contributed by atoms with van der Waals surface area (Å²) < 4.78 is 5.06. The number of oxime groups is 1. The Hall–Kier alpha value is -2.53. The van der Waals surface area contributed by atoms with Gasteiger partial charge in [-0.05, 0) is 20.8 Å². The Bertz CT molecular complexity index is 637. The molecule has 1 unspecified atom stereocenters. The third-order valence-corrected chi connectivity index (χ3v) is 2.97. The number of esters is 1. The smallest absolute Gasteiger partial charge is 0.360 e. The lowest BCUT2D eigenvalue weighted by Gasteiger charge is -2.20. The van der Waals surface area contributed by atoms with Crippen molar-refractivity contribution >= 4 is 40.5 Å². The molecule has 0 saturated carbocycles. The number of carboxylic acid groups (broad SMARTS) is 1. The molecule has 0 aliphatic carbocycles. The van der Waals surface area contributed by atoms with Gasteiger partial charge in [-0.3, -0.25) is 15.3 Å². The highest BCUT2D eigenvalue weighted by atomic mass is 32.1. The maximum atomic E-state index is 11.6. The van der Waals surface area contributed by atoms with Crippen LogP contribution in [0.15, 0.2) is 10.5 Å². The molecule has 1 atom stereocenters. The molecule has 11 heteroatoms. The fourth-order valence-electron chi connectivity index (χ4n) is 1.40. The van der Waals surface area contributed by atoms with E-state index in [9.17, 15) is 14.4 Å². The van der Waals surface area contributed by atoms with Gasteiger partial charge in [0.15, 0.2) is 11.4 Å². The van der Waals surface area contributed by atoms with Crippen LogP contribution in [-0.4, -0.2) is 46.0 Å². The summed E-state index contributed by atoms with van der Waals surface area (Å²) in [5.74, 6) is -2.00. The molecule has 0 radical (unpaired) electrons. The Labute approximate surface area is 141 Å². The molecule has 0 aliphatic rings. The standard InChI is InChI=1S/C13H18N4O6S/c1-13(2,3)22-9(19)4-8(14)23-17-10(11(20)21)7-5-24-12(16-7)15-6-18/h5-6,8H,4,14H2,1-3H3,(H,20,21)(H,15,16,18). The molecule has 1 rings (SSSR count). The number of thiazole rings is 1. The van der Waals surface area contributed by atoms with Crippen LogP contribution < -0.4 is 11.1 Å². The van der Waals surface area contributed by atoms with E-state index in [2.05, 4.69) is 15.5 Å². The number of nitrogens with one attached hydrogen (secondary N) is 1. The van der Waals surface area contributed by atoms with E-state index in [1.807, 2.05) is 0 Å². The second-order valence-electron chi connectivity index (χ2n) is 5.48. The molecule has 0 fully saturated rings. The first-order valence-corrected chi connectivity index (χ1v) is 7.61. The topological polar surface area (TPSA) is 153 Å². The number of rotatable bonds is 8. The van der Waals surface area contributed by atoms with Crippen LogP contribution in [0.3, 0.4) is 0 Å². The minimum Gasteiger partial charge on any atom is -0.476 e. The van der Waals surface area contributed by atoms with Gasteiger partial charge in [0.05, 0.1) is 6.42 Å². The van der Waals surface area contributed by atoms with Crippen LogP contribution >= 0.6 is 11.3 Å². The Morgan fingerprint density at radius 2 is 2.21 bits per heavy atom. The highest BCUT2D eigenvalue weighted by Gasteiger charge is 2.21. The van der Waals surface area contributed by atoms with Crippen molar-refractivity contribution in [2.75, 3.05) is 5.32 Å². The van der Waals surface area contributed by atoms with Crippen molar-refractivity contribution in [2.24, 2.45) is 10.9 Å². The van der Waals surface area contributed by atoms with E-state index in [0.29, 0.717) is 6.41 Å². The second kappa shape index (κ2) is 8.36. The van der Waals surface area contributed by atoms with E-state index in [1.165, 1.54) is 5.38 Å². The van der Waals surface area contributed by atoms with Gasteiger partial charge in [0, 0.05) is 5.38 Å². The van der Waals surface area contributed by atoms with Crippen LogP contribution in [0, 0.1) is 0 Å². The summed E-state index contributed by atoms with van der Waals surface area (Å²) in [6.07, 6.45) is -1.07. The van der Waals surface area contributed by atoms with Gasteiger partial charge < -0.3 is 20.0 Å². The summed E-state index contributed by atoms with van der Waals surface area (Å²) in [7, 11) is 0. The van der Waals surface area contributed by atoms with Crippen molar-refractivity contribution in [3.8, 4) is 0 Å². The molecule has 0 spiro atoms. The van der Waals surface area contributed by atoms with Crippen molar-refractivity contribution in [2.45, 2.75) is 39.0 Å². The van der Waals surface area contributed by atoms with Crippen molar-refractivity contribution in [1.82, 2.24) is 4.98 Å². The monoisotopic (exact) mass is 358 g/mol. The largest absolute Gasteiger partial charge is 0.476 e. The van der Waals surface area contributed by atoms with Crippen LogP contribution in [0.4, 0.5) is 5.13 Å². The summed E-state index contributed by atoms with van der Waals surface area (Å²) in [5, 5.41) is 16.4. The molecule has 1 heterocycles. The summed E-state index contributed by atoms with van der Waals surface area (Å²) in [6.45, 7) is 5.10. The predicted octanol–water partition coefficient (Wildman–Crippen LogP) is 0.533. The molecule has 1 aromatic heterocycles. The summed E-state index contributed by atoms with van der Waals surface area (Å²) in [6, 6.07) is 0. The van der Waals surface area contributed by atoms with E-state index in [4.69, 9.17) is 20.4 Å². The third-order valence-electron chi connectivity index (χ3n) is 2.20. The van der Waals surface area contributed by atoms with E-state index in [0.717, 1.165) is 11.3 Å². The number of carbonyl (C=O) groups excluding carboxylic acids is 2. The minimum absolute atomic E-state index is 0.0127. The third kappa shape index (κ3) is 6.71. The fraction of sp³-hybridized carbons (Fsp3) is 0.462. The van der Waals surface area contributed by atoms with Gasteiger partial charge in [-0.15, -0.1) is 11.3 Å². The highest BCUT2D eigenvalue weighted by Crippen LogP contribution is 2.16. The second-order valence-corrected chi connectivity index (χ2v) is 6.34. The molecular formula is C13H18N4O6S. The normalized spacial score (nSPS) is 13.1. The summed E-state index contributed by atoms with van der Waals surface area (Å²) >= 11 is 1.01. The molecular weight excluding hydrogens is 340 g/mol. The van der Waals surface area contributed by atoms with Gasteiger partial charge in [-0.25, -0.2) is 9.78 Å². The lowest BCUT2D eigenvalue weighted by molar-refractivity contribution is -0.157. The number of anilines is 1. The molecule has 1 aromatic rings. The van der Waals surface area contributed by atoms with Crippen LogP contribution in [0.25, 0.3) is 0 Å². The molecule has 10 nitrogen and oxygen atoms in total. The number of nitrogens with two attached hydrogens (primary N) is 1. The number of amides is 1. The molecule has 0 aromatic carbocycles. The first-order chi connectivity index (χ1) is 11.1. The van der Waals surface area contributed by atoms with Gasteiger partial charge in [-0.2, -0.15) is 0 Å². The Morgan fingerprint density at radius 3 is 2.75 bits per heavy atom. The Kier molecular flexibility index (Phi) is 6.80. The summed E-state index contributed by atoms with van der Waals surface area (Å²) in [4.78, 5) is 41.8. The predicted molar refractivity (Wildman–Crippen MR) is 85.5 cm³/mol. The zero-order chi connectivity index (χ0) is 18.3. The van der Waals surface area contributed by atoms with Crippen molar-refractivity contribution in [3.63, 3.8) is 0 Å². The van der Waals surface area contributed by atoms with Crippen molar-refractivity contribution in [1.29, 1.82) is 0 Å². The molecule has 1 amide bonds. The van der Waals surface area contributed by atoms with Crippen molar-refractivity contribution < 1.29 is 29.1 Å². The fourth-order valence-corrected chi connectivity index (χ4v) is 2.05. The van der Waals surface area contributed by atoms with Gasteiger partial charge >= 0.3 is 11.9 Å². The van der Waals surface area contributed by atoms with E-state index in [-0.39, 0.29) is 17.2 Å². The minimum atomic E-state index is -1.40. The lowest BCUT2D eigenvalue weighted by Crippen LogP contribution is -2.31. The molecule has 0 saturated heterocycles. The van der Waals surface area contributed by atoms with Gasteiger partial charge in [0.1, 0.15) is 11.3 Å². The maximum Gasteiger partial charge on any atom is 0.360 e. The Balaban J connectivity index is 2.73. The number of carbonyl (C=O) groups is 3. The first kappa shape index (κ1) is 19.5. The number of carboxylic acids is 1. The van der Waals surface area contributed by atoms with Gasteiger partial charge in [-0.1, -0.05) is 5.16 Å². The van der Waals surface area contributed by atoms with Crippen LogP contribution in [0.1, 0.15) is 32.9 Å². The summed E-state index contributed by atoms with van der Waals surface area (Å²) in [5.41, 5.74) is 4.38. The number of hydrogen-bond acceptors (Lipinski definition) is 9. The molecule has 24 heavy (non-hydrogen) atoms. The van der Waals surface area contributed by atoms with Crippen LogP contribution in [0.2, 0.25) is 0 Å². The zero-order valence-corrected chi connectivity index (χ0v) is 14.1. The van der Waals surface area contributed by atoms with Gasteiger partial charge in [0.25, 0.3) is 0 Å². The maximum absolute atomic E-state index is 11.6. The Morgan fingerprint density at radius 1 is 1.54 bits per heavy atom. The lowest BCUT2D eigenvalue weighted by atomic mass is 10.2. The van der Waals surface area contributed by atoms with Gasteiger partial charge in [0.2, 0.25) is 12.1 Å². The average molecular weight is 358 g/mol. The number of hydrogen-bond donors (Lipinski definition) is 3. The van der Waals surface area contributed by atoms with E-state index < -0.39 is 29.5 Å². The number of nitrogens with zero attached hydrogens (tertiary/aromatic N) is 2. The van der Waals surface area contributed by atoms with Crippen LogP contribution in [0.5, 0.6) is 0 Å². The SMILES string of the molecule is CC(C)(C)OC(=O)CC(N)ON=C(C(=O)O)c1csc(NC=O)n1. The highest BCUT2D eigenvalue weighted by molar-refractivity contribution is 7.14. The first-order valence-electron chi connectivity index (χ1n) is 6.73. The quantitative estimate of drug-likeness (QED) is 0.200. The number of ether oxygens (including phenoxy) is 1. The number of aliphatic carboxylic acids is 1. The van der Waals surface area contributed by atoms with E-state index in [1.54, 1.807) is 20.8 Å². The molecule has 4 N–H and O–H groups in total.